The van der Waals surface area contributed by atoms with Crippen LogP contribution in [0.4, 0.5) is 4.79 Å². The number of nitrogens with zero attached hydrogens (tertiary/aromatic N) is 1. The number of fused-ring (bicyclic) bond motifs is 1. The lowest BCUT2D eigenvalue weighted by atomic mass is 9.84. The molecule has 0 saturated carbocycles. The van der Waals surface area contributed by atoms with E-state index in [1.165, 1.54) is 4.90 Å². The number of ketones is 1. The summed E-state index contributed by atoms with van der Waals surface area (Å²) in [5.74, 6) is -0.648. The predicted octanol–water partition coefficient (Wildman–Crippen LogP) is 2.11. The first-order valence-corrected chi connectivity index (χ1v) is 11.0. The van der Waals surface area contributed by atoms with Crippen LogP contribution in [0.15, 0.2) is 30.3 Å². The maximum Gasteiger partial charge on any atom is 0.407 e. The van der Waals surface area contributed by atoms with Gasteiger partial charge in [-0.15, -0.1) is 0 Å². The fraction of sp³-hybridized carbons (Fsp3) is 0.609. The van der Waals surface area contributed by atoms with Gasteiger partial charge in [-0.2, -0.15) is 0 Å². The van der Waals surface area contributed by atoms with Crippen LogP contribution >= 0.6 is 0 Å². The summed E-state index contributed by atoms with van der Waals surface area (Å²) in [5, 5.41) is 12.8. The largest absolute Gasteiger partial charge is 0.465 e. The van der Waals surface area contributed by atoms with E-state index in [2.05, 4.69) is 5.32 Å². The molecule has 0 aliphatic carbocycles. The lowest BCUT2D eigenvalue weighted by Crippen LogP contribution is -2.54. The highest BCUT2D eigenvalue weighted by molar-refractivity contribution is 5.92. The molecule has 0 radical (unpaired) electrons. The summed E-state index contributed by atoms with van der Waals surface area (Å²) < 4.78 is 10.8. The van der Waals surface area contributed by atoms with Crippen molar-refractivity contribution in [2.45, 2.75) is 51.2 Å². The van der Waals surface area contributed by atoms with Crippen LogP contribution < -0.4 is 5.32 Å². The Morgan fingerprint density at radius 1 is 1.29 bits per heavy atom. The zero-order valence-electron chi connectivity index (χ0n) is 18.2. The standard InChI is InChI=1S/C23H32N2O6/c1-3-31-22(27)19(10-9-16-7-5-4-6-8-16)24-15(2)21(26)20-18-14-30-12-11-17(18)13-25(20)23(28)29/h4-8,15,17-20,24H,3,9-14H2,1-2H3,(H,28,29)/t15-,17?,18?,19-,20?/m0/s1. The van der Waals surface area contributed by atoms with E-state index in [-0.39, 0.29) is 24.2 Å². The molecule has 0 aromatic heterocycles. The second-order valence-electron chi connectivity index (χ2n) is 8.29. The van der Waals surface area contributed by atoms with Gasteiger partial charge in [0.1, 0.15) is 12.1 Å². The van der Waals surface area contributed by atoms with Crippen molar-refractivity contribution < 1.29 is 29.0 Å². The van der Waals surface area contributed by atoms with Crippen LogP contribution in [0.1, 0.15) is 32.3 Å². The molecule has 0 spiro atoms. The van der Waals surface area contributed by atoms with Gasteiger partial charge in [0.25, 0.3) is 0 Å². The third-order valence-corrected chi connectivity index (χ3v) is 6.27. The van der Waals surface area contributed by atoms with Crippen molar-refractivity contribution in [2.24, 2.45) is 11.8 Å². The van der Waals surface area contributed by atoms with Gasteiger partial charge in [-0.1, -0.05) is 30.3 Å². The Balaban J connectivity index is 1.70. The van der Waals surface area contributed by atoms with E-state index in [1.54, 1.807) is 13.8 Å². The summed E-state index contributed by atoms with van der Waals surface area (Å²) >= 11 is 0. The van der Waals surface area contributed by atoms with Crippen molar-refractivity contribution in [2.75, 3.05) is 26.4 Å². The maximum absolute atomic E-state index is 13.3. The van der Waals surface area contributed by atoms with E-state index in [9.17, 15) is 19.5 Å². The second kappa shape index (κ2) is 10.7. The first-order chi connectivity index (χ1) is 14.9. The topological polar surface area (TPSA) is 105 Å². The number of aryl methyl sites for hydroxylation is 1. The van der Waals surface area contributed by atoms with Gasteiger partial charge in [0.15, 0.2) is 5.78 Å². The highest BCUT2D eigenvalue weighted by Gasteiger charge is 2.49. The number of hydrogen-bond donors (Lipinski definition) is 2. The van der Waals surface area contributed by atoms with Crippen molar-refractivity contribution in [3.05, 3.63) is 35.9 Å². The first kappa shape index (κ1) is 23.2. The molecule has 2 fully saturated rings. The monoisotopic (exact) mass is 432 g/mol. The summed E-state index contributed by atoms with van der Waals surface area (Å²) in [4.78, 5) is 38.9. The minimum absolute atomic E-state index is 0.130. The van der Waals surface area contributed by atoms with Crippen molar-refractivity contribution in [1.82, 2.24) is 10.2 Å². The summed E-state index contributed by atoms with van der Waals surface area (Å²) in [6.45, 7) is 5.00. The number of Topliss-reactive ketones (excluding diaryl/α,β-unsaturated/α-hetero) is 1. The van der Waals surface area contributed by atoms with Crippen LogP contribution in [-0.2, 0) is 25.5 Å². The van der Waals surface area contributed by atoms with Gasteiger partial charge < -0.3 is 14.6 Å². The van der Waals surface area contributed by atoms with Crippen molar-refractivity contribution in [3.8, 4) is 0 Å². The molecule has 170 valence electrons. The quantitative estimate of drug-likeness (QED) is 0.576. The van der Waals surface area contributed by atoms with Crippen LogP contribution in [0.3, 0.4) is 0 Å². The van der Waals surface area contributed by atoms with Crippen LogP contribution in [0.2, 0.25) is 0 Å². The van der Waals surface area contributed by atoms with Gasteiger partial charge >= 0.3 is 12.1 Å². The van der Waals surface area contributed by atoms with Gasteiger partial charge in [-0.3, -0.25) is 19.8 Å². The van der Waals surface area contributed by atoms with E-state index in [1.807, 2.05) is 30.3 Å². The number of rotatable bonds is 9. The van der Waals surface area contributed by atoms with E-state index in [4.69, 9.17) is 9.47 Å². The van der Waals surface area contributed by atoms with Crippen molar-refractivity contribution in [1.29, 1.82) is 0 Å². The zero-order chi connectivity index (χ0) is 22.4. The fourth-order valence-electron chi connectivity index (χ4n) is 4.65. The van der Waals surface area contributed by atoms with Gasteiger partial charge in [-0.05, 0) is 44.6 Å². The Morgan fingerprint density at radius 2 is 2.03 bits per heavy atom. The number of hydrogen-bond acceptors (Lipinski definition) is 6. The summed E-state index contributed by atoms with van der Waals surface area (Å²) in [6, 6.07) is 7.68. The maximum atomic E-state index is 13.3. The lowest BCUT2D eigenvalue weighted by molar-refractivity contribution is -0.146. The Hall–Kier alpha value is -2.45. The third kappa shape index (κ3) is 5.62. The Bertz CT molecular complexity index is 771. The average molecular weight is 433 g/mol. The molecule has 31 heavy (non-hydrogen) atoms. The normalized spacial score (nSPS) is 24.8. The molecule has 2 heterocycles. The van der Waals surface area contributed by atoms with Crippen LogP contribution in [0.5, 0.6) is 0 Å². The minimum Gasteiger partial charge on any atom is -0.465 e. The molecule has 2 saturated heterocycles. The van der Waals surface area contributed by atoms with Gasteiger partial charge in [-0.25, -0.2) is 4.79 Å². The molecule has 2 aliphatic heterocycles. The van der Waals surface area contributed by atoms with E-state index < -0.39 is 30.2 Å². The summed E-state index contributed by atoms with van der Waals surface area (Å²) in [5.41, 5.74) is 1.09. The van der Waals surface area contributed by atoms with Gasteiger partial charge in [0, 0.05) is 19.1 Å². The molecule has 3 rings (SSSR count). The highest BCUT2D eigenvalue weighted by Crippen LogP contribution is 2.36. The molecule has 1 aromatic carbocycles. The van der Waals surface area contributed by atoms with Crippen molar-refractivity contribution in [3.63, 3.8) is 0 Å². The summed E-state index contributed by atoms with van der Waals surface area (Å²) in [7, 11) is 0. The van der Waals surface area contributed by atoms with Crippen molar-refractivity contribution >= 4 is 17.8 Å². The molecule has 0 bridgehead atoms. The molecule has 2 N–H and O–H groups in total. The number of esters is 1. The highest BCUT2D eigenvalue weighted by atomic mass is 16.5. The SMILES string of the molecule is CCOC(=O)[C@H](CCc1ccccc1)N[C@@H](C)C(=O)C1C2COCCC2CN1C(=O)O. The molecular formula is C23H32N2O6. The minimum atomic E-state index is -1.09. The second-order valence-corrected chi connectivity index (χ2v) is 8.29. The molecule has 2 aliphatic rings. The lowest BCUT2D eigenvalue weighted by Gasteiger charge is -2.31. The number of amides is 1. The van der Waals surface area contributed by atoms with Crippen LogP contribution in [-0.4, -0.2) is 72.3 Å². The third-order valence-electron chi connectivity index (χ3n) is 6.27. The van der Waals surface area contributed by atoms with Gasteiger partial charge in [0.2, 0.25) is 0 Å². The fourth-order valence-corrected chi connectivity index (χ4v) is 4.65. The summed E-state index contributed by atoms with van der Waals surface area (Å²) in [6.07, 6.45) is 0.790. The Labute approximate surface area is 182 Å². The number of carboxylic acid groups (broad SMARTS) is 1. The Morgan fingerprint density at radius 3 is 2.71 bits per heavy atom. The molecule has 3 unspecified atom stereocenters. The number of ether oxygens (including phenoxy) is 2. The zero-order valence-corrected chi connectivity index (χ0v) is 18.2. The number of carbonyl (C=O) groups excluding carboxylic acids is 2. The average Bonchev–Trinajstić information content (AvgIpc) is 3.16. The van der Waals surface area contributed by atoms with Gasteiger partial charge in [0.05, 0.1) is 19.3 Å². The molecule has 1 amide bonds. The smallest absolute Gasteiger partial charge is 0.407 e. The molecule has 5 atom stereocenters. The Kier molecular flexibility index (Phi) is 8.03. The van der Waals surface area contributed by atoms with Crippen LogP contribution in [0.25, 0.3) is 0 Å². The number of carbonyl (C=O) groups is 3. The molecule has 8 nitrogen and oxygen atoms in total. The molecule has 1 aromatic rings. The number of likely N-dealkylation sites (tertiary alicyclic amines) is 1. The number of nitrogens with one attached hydrogen (secondary N) is 1. The first-order valence-electron chi connectivity index (χ1n) is 11.0. The van der Waals surface area contributed by atoms with E-state index in [0.717, 1.165) is 12.0 Å². The van der Waals surface area contributed by atoms with Crippen LogP contribution in [0, 0.1) is 11.8 Å². The number of benzene rings is 1. The molecule has 8 heteroatoms. The predicted molar refractivity (Wildman–Crippen MR) is 114 cm³/mol. The molecular weight excluding hydrogens is 400 g/mol. The van der Waals surface area contributed by atoms with E-state index >= 15 is 0 Å². The van der Waals surface area contributed by atoms with E-state index in [0.29, 0.717) is 32.6 Å².